The molecule has 2 fully saturated rings. The third-order valence-electron chi connectivity index (χ3n) is 2.77. The van der Waals surface area contributed by atoms with E-state index in [1.807, 2.05) is 57.8 Å². The Bertz CT molecular complexity index is 155. The molecule has 0 aromatic carbocycles. The van der Waals surface area contributed by atoms with Crippen LogP contribution in [-0.4, -0.2) is 11.2 Å². The second-order valence-electron chi connectivity index (χ2n) is 4.01. The predicted molar refractivity (Wildman–Crippen MR) is 67.4 cm³/mol. The van der Waals surface area contributed by atoms with Crippen LogP contribution in [0.5, 0.6) is 0 Å². The summed E-state index contributed by atoms with van der Waals surface area (Å²) in [6.45, 7) is 4.16. The first-order valence-corrected chi connectivity index (χ1v) is 5.82. The second-order valence-corrected chi connectivity index (χ2v) is 4.01. The summed E-state index contributed by atoms with van der Waals surface area (Å²) < 4.78 is 0. The molecule has 2 saturated carbocycles. The van der Waals surface area contributed by atoms with Crippen molar-refractivity contribution in [1.82, 2.24) is 0 Å². The van der Waals surface area contributed by atoms with E-state index in [4.69, 9.17) is 0 Å². The molecule has 2 aliphatic rings. The van der Waals surface area contributed by atoms with Gasteiger partial charge in [-0.25, -0.2) is 0 Å². The van der Waals surface area contributed by atoms with Gasteiger partial charge in [-0.15, -0.1) is 0 Å². The normalized spacial score (nSPS) is 23.5. The summed E-state index contributed by atoms with van der Waals surface area (Å²) in [5.74, 6) is 1.40. The van der Waals surface area contributed by atoms with Gasteiger partial charge in [-0.2, -0.15) is 0 Å². The van der Waals surface area contributed by atoms with Crippen LogP contribution in [0.25, 0.3) is 0 Å². The first kappa shape index (κ1) is 17.5. The summed E-state index contributed by atoms with van der Waals surface area (Å²) in [4.78, 5) is 0. The maximum absolute atomic E-state index is 9.68. The van der Waals surface area contributed by atoms with Crippen LogP contribution in [0, 0.1) is 69.6 Å². The van der Waals surface area contributed by atoms with Gasteiger partial charge in [0.1, 0.15) is 0 Å². The van der Waals surface area contributed by atoms with Crippen molar-refractivity contribution in [2.24, 2.45) is 5.92 Å². The van der Waals surface area contributed by atoms with Crippen LogP contribution < -0.4 is 0 Å². The van der Waals surface area contributed by atoms with Gasteiger partial charge in [-0.05, 0) is 63.7 Å². The Balaban J connectivity index is 0.000000360. The SMILES string of the molecule is CCC(C)C(O)[C]1[CH][CH][CH][CH]1.[CH]1[CH][CH][CH][CH]1.[Fe+2]. The van der Waals surface area contributed by atoms with Gasteiger partial charge in [0.15, 0.2) is 0 Å². The van der Waals surface area contributed by atoms with Gasteiger partial charge in [0.25, 0.3) is 0 Å². The summed E-state index contributed by atoms with van der Waals surface area (Å²) in [5.41, 5.74) is 0. The molecule has 17 heavy (non-hydrogen) atoms. The Morgan fingerprint density at radius 2 is 1.35 bits per heavy atom. The fourth-order valence-corrected chi connectivity index (χ4v) is 1.46. The molecular formula is C15H20FeO+2. The largest absolute Gasteiger partial charge is 2.00 e. The third kappa shape index (κ3) is 6.84. The Morgan fingerprint density at radius 1 is 0.941 bits per heavy atom. The molecule has 2 aliphatic carbocycles. The summed E-state index contributed by atoms with van der Waals surface area (Å²) in [6, 6.07) is 0. The first-order chi connectivity index (χ1) is 7.75. The van der Waals surface area contributed by atoms with Crippen molar-refractivity contribution in [2.45, 2.75) is 26.4 Å². The maximum atomic E-state index is 9.68. The number of hydrogen-bond donors (Lipinski definition) is 1. The van der Waals surface area contributed by atoms with Gasteiger partial charge >= 0.3 is 17.1 Å². The second kappa shape index (κ2) is 10.4. The van der Waals surface area contributed by atoms with E-state index in [1.165, 1.54) is 0 Å². The molecule has 0 saturated heterocycles. The van der Waals surface area contributed by atoms with E-state index in [0.29, 0.717) is 5.92 Å². The van der Waals surface area contributed by atoms with E-state index in [9.17, 15) is 5.11 Å². The van der Waals surface area contributed by atoms with Crippen LogP contribution in [0.2, 0.25) is 0 Å². The predicted octanol–water partition coefficient (Wildman–Crippen LogP) is 2.82. The molecular weight excluding hydrogens is 252 g/mol. The summed E-state index contributed by atoms with van der Waals surface area (Å²) in [7, 11) is 0. The number of aliphatic hydroxyl groups excluding tert-OH is 1. The van der Waals surface area contributed by atoms with Crippen molar-refractivity contribution >= 4 is 0 Å². The fourth-order valence-electron chi connectivity index (χ4n) is 1.46. The molecule has 2 rings (SSSR count). The van der Waals surface area contributed by atoms with Gasteiger partial charge in [0, 0.05) is 5.92 Å². The Kier molecular flexibility index (Phi) is 10.7. The Morgan fingerprint density at radius 3 is 1.71 bits per heavy atom. The zero-order chi connectivity index (χ0) is 11.8. The summed E-state index contributed by atoms with van der Waals surface area (Å²) in [6.07, 6.45) is 18.6. The van der Waals surface area contributed by atoms with Crippen LogP contribution in [0.3, 0.4) is 0 Å². The third-order valence-corrected chi connectivity index (χ3v) is 2.77. The molecule has 2 atom stereocenters. The van der Waals surface area contributed by atoms with Crippen molar-refractivity contribution in [2.75, 3.05) is 0 Å². The Labute approximate surface area is 118 Å². The van der Waals surface area contributed by atoms with Crippen LogP contribution in [-0.2, 0) is 17.1 Å². The van der Waals surface area contributed by atoms with Crippen LogP contribution in [0.1, 0.15) is 20.3 Å². The van der Waals surface area contributed by atoms with Crippen LogP contribution in [0.4, 0.5) is 0 Å². The van der Waals surface area contributed by atoms with Gasteiger partial charge < -0.3 is 5.11 Å². The number of aliphatic hydroxyl groups is 1. The number of hydrogen-bond acceptors (Lipinski definition) is 1. The molecule has 1 N–H and O–H groups in total. The molecule has 0 aromatic rings. The quantitative estimate of drug-likeness (QED) is 0.783. The number of rotatable bonds is 3. The molecule has 92 valence electrons. The minimum atomic E-state index is -0.282. The van der Waals surface area contributed by atoms with E-state index in [-0.39, 0.29) is 23.2 Å². The average molecular weight is 272 g/mol. The zero-order valence-corrected chi connectivity index (χ0v) is 11.5. The van der Waals surface area contributed by atoms with Gasteiger partial charge in [-0.3, -0.25) is 0 Å². The summed E-state index contributed by atoms with van der Waals surface area (Å²) >= 11 is 0. The van der Waals surface area contributed by atoms with Crippen molar-refractivity contribution in [3.8, 4) is 0 Å². The molecule has 0 aromatic heterocycles. The smallest absolute Gasteiger partial charge is 0.392 e. The van der Waals surface area contributed by atoms with E-state index in [1.54, 1.807) is 0 Å². The molecule has 0 amide bonds. The topological polar surface area (TPSA) is 20.2 Å². The Hall–Kier alpha value is 0.479. The molecule has 2 unspecified atom stereocenters. The molecule has 2 heteroatoms. The molecule has 10 radical (unpaired) electrons. The van der Waals surface area contributed by atoms with E-state index in [0.717, 1.165) is 12.3 Å². The standard InChI is InChI=1S/C10H15O.C5H5.Fe/c1-3-8(2)10(11)9-6-4-5-7-9;1-2-4-5-3-1;/h4-8,10-11H,3H2,1-2H3;1-5H;/q;;+2. The average Bonchev–Trinajstić information content (AvgIpc) is 3.00. The minimum absolute atomic E-state index is 0. The van der Waals surface area contributed by atoms with Gasteiger partial charge in [0.05, 0.1) is 6.10 Å². The van der Waals surface area contributed by atoms with Crippen LogP contribution in [0.15, 0.2) is 0 Å². The van der Waals surface area contributed by atoms with Crippen molar-refractivity contribution in [3.63, 3.8) is 0 Å². The van der Waals surface area contributed by atoms with Crippen LogP contribution >= 0.6 is 0 Å². The minimum Gasteiger partial charge on any atom is -0.392 e. The van der Waals surface area contributed by atoms with Crippen molar-refractivity contribution in [3.05, 3.63) is 63.7 Å². The molecule has 0 heterocycles. The molecule has 0 aliphatic heterocycles. The summed E-state index contributed by atoms with van der Waals surface area (Å²) in [5, 5.41) is 9.68. The van der Waals surface area contributed by atoms with Crippen molar-refractivity contribution in [1.29, 1.82) is 0 Å². The van der Waals surface area contributed by atoms with Crippen molar-refractivity contribution < 1.29 is 22.2 Å². The van der Waals surface area contributed by atoms with Gasteiger partial charge in [-0.1, -0.05) is 20.3 Å². The fraction of sp³-hybridized carbons (Fsp3) is 0.333. The van der Waals surface area contributed by atoms with E-state index in [2.05, 4.69) is 13.8 Å². The molecule has 1 nitrogen and oxygen atoms in total. The molecule has 0 bridgehead atoms. The monoisotopic (exact) mass is 272 g/mol. The van der Waals surface area contributed by atoms with Gasteiger partial charge in [0.2, 0.25) is 0 Å². The zero-order valence-electron chi connectivity index (χ0n) is 10.4. The molecule has 0 spiro atoms. The van der Waals surface area contributed by atoms with E-state index < -0.39 is 0 Å². The van der Waals surface area contributed by atoms with E-state index >= 15 is 0 Å². The maximum Gasteiger partial charge on any atom is 2.00 e. The first-order valence-electron chi connectivity index (χ1n) is 5.82.